The number of H-pyrrole nitrogens is 1. The number of rotatable bonds is 7. The minimum absolute atomic E-state index is 0.200. The molecule has 0 saturated carbocycles. The topological polar surface area (TPSA) is 95.1 Å². The van der Waals surface area contributed by atoms with Crippen LogP contribution in [0.2, 0.25) is 0 Å². The monoisotopic (exact) mass is 285 g/mol. The van der Waals surface area contributed by atoms with Gasteiger partial charge in [0.1, 0.15) is 11.9 Å². The minimum Gasteiger partial charge on any atom is -0.383 e. The largest absolute Gasteiger partial charge is 0.383 e. The van der Waals surface area contributed by atoms with Crippen molar-refractivity contribution in [3.8, 4) is 0 Å². The quantitative estimate of drug-likeness (QED) is 0.647. The SMILES string of the molecule is CSCC[C@@H](O)C(=O)NCCc1cc(=O)[nH]c(C)n1. The zero-order valence-electron chi connectivity index (χ0n) is 11.1. The van der Waals surface area contributed by atoms with Crippen LogP contribution in [0.25, 0.3) is 0 Å². The molecule has 0 radical (unpaired) electrons. The summed E-state index contributed by atoms with van der Waals surface area (Å²) in [6.07, 6.45) is 1.86. The van der Waals surface area contributed by atoms with E-state index in [0.717, 1.165) is 5.75 Å². The van der Waals surface area contributed by atoms with Gasteiger partial charge in [-0.3, -0.25) is 9.59 Å². The first kappa shape index (κ1) is 15.7. The molecule has 0 aliphatic heterocycles. The molecular formula is C12H19N3O3S. The van der Waals surface area contributed by atoms with Crippen LogP contribution in [0.1, 0.15) is 17.9 Å². The molecular weight excluding hydrogens is 266 g/mol. The molecule has 1 rings (SSSR count). The Hall–Kier alpha value is -1.34. The van der Waals surface area contributed by atoms with Crippen molar-refractivity contribution in [2.75, 3.05) is 18.6 Å². The molecule has 0 saturated heterocycles. The van der Waals surface area contributed by atoms with Crippen LogP contribution < -0.4 is 10.9 Å². The van der Waals surface area contributed by atoms with E-state index in [-0.39, 0.29) is 11.5 Å². The van der Waals surface area contributed by atoms with Crippen LogP contribution in [0.15, 0.2) is 10.9 Å². The van der Waals surface area contributed by atoms with Gasteiger partial charge in [0.05, 0.1) is 0 Å². The Balaban J connectivity index is 2.37. The van der Waals surface area contributed by atoms with Gasteiger partial charge in [0.2, 0.25) is 5.91 Å². The van der Waals surface area contributed by atoms with Crippen molar-refractivity contribution in [1.29, 1.82) is 0 Å². The van der Waals surface area contributed by atoms with E-state index >= 15 is 0 Å². The molecule has 1 amide bonds. The lowest BCUT2D eigenvalue weighted by Crippen LogP contribution is -2.36. The molecule has 0 aromatic carbocycles. The molecule has 106 valence electrons. The van der Waals surface area contributed by atoms with Gasteiger partial charge < -0.3 is 15.4 Å². The number of hydrogen-bond donors (Lipinski definition) is 3. The number of carbonyl (C=O) groups excluding carboxylic acids is 1. The van der Waals surface area contributed by atoms with E-state index in [9.17, 15) is 14.7 Å². The van der Waals surface area contributed by atoms with Crippen molar-refractivity contribution in [3.05, 3.63) is 27.9 Å². The first-order valence-electron chi connectivity index (χ1n) is 6.04. The Kier molecular flexibility index (Phi) is 6.58. The van der Waals surface area contributed by atoms with Gasteiger partial charge in [-0.05, 0) is 25.4 Å². The first-order valence-corrected chi connectivity index (χ1v) is 7.44. The predicted octanol–water partition coefficient (Wildman–Crippen LogP) is -0.149. The number of aliphatic hydroxyl groups is 1. The number of aliphatic hydroxyl groups excluding tert-OH is 1. The number of amides is 1. The number of aromatic amines is 1. The summed E-state index contributed by atoms with van der Waals surface area (Å²) in [5.74, 6) is 0.910. The number of aryl methyl sites for hydroxylation is 1. The molecule has 0 spiro atoms. The zero-order chi connectivity index (χ0) is 14.3. The van der Waals surface area contributed by atoms with E-state index in [1.165, 1.54) is 6.07 Å². The molecule has 1 aromatic heterocycles. The van der Waals surface area contributed by atoms with Gasteiger partial charge in [-0.2, -0.15) is 11.8 Å². The Labute approximate surface area is 116 Å². The average Bonchev–Trinajstić information content (AvgIpc) is 2.34. The molecule has 1 heterocycles. The summed E-state index contributed by atoms with van der Waals surface area (Å²) < 4.78 is 0. The van der Waals surface area contributed by atoms with E-state index < -0.39 is 6.10 Å². The molecule has 0 bridgehead atoms. The van der Waals surface area contributed by atoms with Crippen molar-refractivity contribution in [2.45, 2.75) is 25.9 Å². The Morgan fingerprint density at radius 3 is 3.00 bits per heavy atom. The Morgan fingerprint density at radius 2 is 2.37 bits per heavy atom. The van der Waals surface area contributed by atoms with Crippen LogP contribution in [-0.4, -0.2) is 45.6 Å². The standard InChI is InChI=1S/C12H19N3O3S/c1-8-14-9(7-11(17)15-8)3-5-13-12(18)10(16)4-6-19-2/h7,10,16H,3-6H2,1-2H3,(H,13,18)(H,14,15,17)/t10-/m1/s1. The van der Waals surface area contributed by atoms with Gasteiger partial charge in [-0.1, -0.05) is 0 Å². The normalized spacial score (nSPS) is 12.2. The van der Waals surface area contributed by atoms with Crippen LogP contribution in [-0.2, 0) is 11.2 Å². The average molecular weight is 285 g/mol. The second-order valence-electron chi connectivity index (χ2n) is 4.16. The van der Waals surface area contributed by atoms with Gasteiger partial charge in [-0.25, -0.2) is 4.98 Å². The third kappa shape index (κ3) is 5.89. The second kappa shape index (κ2) is 7.96. The van der Waals surface area contributed by atoms with E-state index in [2.05, 4.69) is 15.3 Å². The van der Waals surface area contributed by atoms with Crippen molar-refractivity contribution in [2.24, 2.45) is 0 Å². The lowest BCUT2D eigenvalue weighted by molar-refractivity contribution is -0.129. The van der Waals surface area contributed by atoms with Crippen LogP contribution in [0.5, 0.6) is 0 Å². The summed E-state index contributed by atoms with van der Waals surface area (Å²) >= 11 is 1.58. The van der Waals surface area contributed by atoms with Gasteiger partial charge >= 0.3 is 0 Å². The van der Waals surface area contributed by atoms with Crippen molar-refractivity contribution in [1.82, 2.24) is 15.3 Å². The van der Waals surface area contributed by atoms with Crippen molar-refractivity contribution < 1.29 is 9.90 Å². The van der Waals surface area contributed by atoms with E-state index in [1.54, 1.807) is 18.7 Å². The number of nitrogens with zero attached hydrogens (tertiary/aromatic N) is 1. The lowest BCUT2D eigenvalue weighted by Gasteiger charge is -2.10. The van der Waals surface area contributed by atoms with Gasteiger partial charge in [-0.15, -0.1) is 0 Å². The molecule has 0 aliphatic rings. The molecule has 19 heavy (non-hydrogen) atoms. The maximum atomic E-state index is 11.5. The molecule has 0 aliphatic carbocycles. The maximum absolute atomic E-state index is 11.5. The summed E-state index contributed by atoms with van der Waals surface area (Å²) in [6.45, 7) is 2.06. The molecule has 3 N–H and O–H groups in total. The number of carbonyl (C=O) groups is 1. The van der Waals surface area contributed by atoms with E-state index in [1.807, 2.05) is 6.26 Å². The van der Waals surface area contributed by atoms with Crippen LogP contribution in [0, 0.1) is 6.92 Å². The smallest absolute Gasteiger partial charge is 0.251 e. The van der Waals surface area contributed by atoms with E-state index in [4.69, 9.17) is 0 Å². The molecule has 0 unspecified atom stereocenters. The highest BCUT2D eigenvalue weighted by molar-refractivity contribution is 7.98. The Bertz CT molecular complexity index is 476. The fraction of sp³-hybridized carbons (Fsp3) is 0.583. The number of thioether (sulfide) groups is 1. The van der Waals surface area contributed by atoms with Gasteiger partial charge in [0.15, 0.2) is 0 Å². The summed E-state index contributed by atoms with van der Waals surface area (Å²) in [5.41, 5.74) is 0.425. The maximum Gasteiger partial charge on any atom is 0.251 e. The molecule has 1 aromatic rings. The highest BCUT2D eigenvalue weighted by Gasteiger charge is 2.13. The lowest BCUT2D eigenvalue weighted by atomic mass is 10.2. The number of hydrogen-bond acceptors (Lipinski definition) is 5. The fourth-order valence-electron chi connectivity index (χ4n) is 1.56. The highest BCUT2D eigenvalue weighted by Crippen LogP contribution is 2.00. The number of aromatic nitrogens is 2. The second-order valence-corrected chi connectivity index (χ2v) is 5.15. The van der Waals surface area contributed by atoms with Crippen molar-refractivity contribution in [3.63, 3.8) is 0 Å². The number of nitrogens with one attached hydrogen (secondary N) is 2. The fourth-order valence-corrected chi connectivity index (χ4v) is 2.02. The van der Waals surface area contributed by atoms with Crippen LogP contribution >= 0.6 is 11.8 Å². The first-order chi connectivity index (χ1) is 9.02. The van der Waals surface area contributed by atoms with Gasteiger partial charge in [0.25, 0.3) is 5.56 Å². The van der Waals surface area contributed by atoms with Gasteiger partial charge in [0, 0.05) is 24.7 Å². The molecule has 6 nitrogen and oxygen atoms in total. The van der Waals surface area contributed by atoms with Crippen LogP contribution in [0.3, 0.4) is 0 Å². The molecule has 7 heteroatoms. The van der Waals surface area contributed by atoms with E-state index in [0.29, 0.717) is 30.9 Å². The predicted molar refractivity (Wildman–Crippen MR) is 75.3 cm³/mol. The summed E-state index contributed by atoms with van der Waals surface area (Å²) in [4.78, 5) is 29.4. The highest BCUT2D eigenvalue weighted by atomic mass is 32.2. The van der Waals surface area contributed by atoms with Crippen molar-refractivity contribution >= 4 is 17.7 Å². The summed E-state index contributed by atoms with van der Waals surface area (Å²) in [6, 6.07) is 1.41. The molecule has 1 atom stereocenters. The summed E-state index contributed by atoms with van der Waals surface area (Å²) in [7, 11) is 0. The Morgan fingerprint density at radius 1 is 1.63 bits per heavy atom. The zero-order valence-corrected chi connectivity index (χ0v) is 11.9. The molecule has 0 fully saturated rings. The third-order valence-corrected chi connectivity index (χ3v) is 3.14. The third-order valence-electron chi connectivity index (χ3n) is 2.49. The minimum atomic E-state index is -0.971. The summed E-state index contributed by atoms with van der Waals surface area (Å²) in [5, 5.41) is 12.2. The van der Waals surface area contributed by atoms with Crippen LogP contribution in [0.4, 0.5) is 0 Å².